The van der Waals surface area contributed by atoms with E-state index in [1.807, 2.05) is 27.7 Å². The van der Waals surface area contributed by atoms with Crippen LogP contribution < -0.4 is 0 Å². The first-order chi connectivity index (χ1) is 41.6. The third-order valence-corrected chi connectivity index (χ3v) is 20.8. The third kappa shape index (κ3) is 13.4. The van der Waals surface area contributed by atoms with Crippen molar-refractivity contribution in [3.8, 4) is 0 Å². The molecule has 496 valence electrons. The van der Waals surface area contributed by atoms with Crippen LogP contribution in [0.4, 0.5) is 0 Å². The van der Waals surface area contributed by atoms with Crippen molar-refractivity contribution >= 4 is 5.97 Å². The number of allylic oxidation sites excluding steroid dienone is 1. The molecule has 9 aliphatic heterocycles. The van der Waals surface area contributed by atoms with Gasteiger partial charge in [0.1, 0.15) is 61.0 Å². The van der Waals surface area contributed by atoms with Gasteiger partial charge >= 0.3 is 5.97 Å². The molecule has 9 fully saturated rings. The lowest BCUT2D eigenvalue weighted by Crippen LogP contribution is -2.62. The molecular formula is C61H96O26. The fourth-order valence-corrected chi connectivity index (χ4v) is 16.0. The van der Waals surface area contributed by atoms with E-state index in [1.165, 1.54) is 12.7 Å². The minimum atomic E-state index is -1.61. The lowest BCUT2D eigenvalue weighted by molar-refractivity contribution is -0.359. The largest absolute Gasteiger partial charge is 0.469 e. The first kappa shape index (κ1) is 66.3. The fourth-order valence-electron chi connectivity index (χ4n) is 16.0. The number of aliphatic hydroxyl groups excluding tert-OH is 6. The Morgan fingerprint density at radius 3 is 1.56 bits per heavy atom. The summed E-state index contributed by atoms with van der Waals surface area (Å²) in [6.45, 7) is 13.0. The summed E-state index contributed by atoms with van der Waals surface area (Å²) in [5, 5.41) is 64.4. The van der Waals surface area contributed by atoms with Gasteiger partial charge in [0.2, 0.25) is 5.79 Å². The van der Waals surface area contributed by atoms with Crippen molar-refractivity contribution in [1.82, 2.24) is 0 Å². The number of hydrogen-bond acceptors (Lipinski definition) is 26. The third-order valence-electron chi connectivity index (χ3n) is 20.8. The summed E-state index contributed by atoms with van der Waals surface area (Å²) < 4.78 is 118. The Balaban J connectivity index is 0.632. The SMILES string of the molecule is CO[C@H]1C[C@H](O[C@H]2[C@@H](O)C[C@H](O[C@@H]3[C@H](C)O[C@@H](O[C@H]4[C@@H](OC)C[C@H](O[C@@H]5CC6=CC[C@H]7C(=O)O[C@@H]8CO[C@]9(C)OC=C(CC[C@@H]7[C@@]6(C)C[C@H]5O)[C@H]89)O[C@@H]4C)C[C@H]3OC)O[C@@H]2C)O[C@H](C)[C@H]1O[C@H]1C[C@@H](OC)[C@@H](O[C@@H]2O[C@H](CO)[C@@H](O)[C@H](O)[C@H]2O)[C@H](C)O1. The van der Waals surface area contributed by atoms with E-state index in [2.05, 4.69) is 13.0 Å². The van der Waals surface area contributed by atoms with Gasteiger partial charge in [0.15, 0.2) is 37.7 Å². The molecule has 0 amide bonds. The Labute approximate surface area is 508 Å². The van der Waals surface area contributed by atoms with Crippen molar-refractivity contribution in [2.24, 2.45) is 23.2 Å². The van der Waals surface area contributed by atoms with Crippen LogP contribution in [-0.2, 0) is 94.8 Å². The molecule has 26 nitrogen and oxygen atoms in total. The Kier molecular flexibility index (Phi) is 20.9. The van der Waals surface area contributed by atoms with Crippen molar-refractivity contribution < 1.29 is 125 Å². The highest BCUT2D eigenvalue weighted by Gasteiger charge is 2.60. The predicted octanol–water partition coefficient (Wildman–Crippen LogP) is 1.90. The van der Waals surface area contributed by atoms with Crippen molar-refractivity contribution in [3.05, 3.63) is 23.5 Å². The second-order valence-electron chi connectivity index (χ2n) is 26.3. The van der Waals surface area contributed by atoms with Crippen LogP contribution in [0.25, 0.3) is 0 Å². The molecule has 2 aliphatic carbocycles. The van der Waals surface area contributed by atoms with Gasteiger partial charge in [-0.3, -0.25) is 4.79 Å². The second-order valence-corrected chi connectivity index (χ2v) is 26.3. The van der Waals surface area contributed by atoms with E-state index in [1.54, 1.807) is 41.4 Å². The van der Waals surface area contributed by atoms with Crippen LogP contribution in [0.15, 0.2) is 23.5 Å². The normalized spacial score (nSPS) is 52.0. The average Bonchev–Trinajstić information content (AvgIpc) is 1.80. The monoisotopic (exact) mass is 1240 g/mol. The zero-order chi connectivity index (χ0) is 62.0. The molecule has 0 bridgehead atoms. The summed E-state index contributed by atoms with van der Waals surface area (Å²) in [5.41, 5.74) is 1.85. The van der Waals surface area contributed by atoms with E-state index >= 15 is 0 Å². The van der Waals surface area contributed by atoms with E-state index in [0.717, 1.165) is 18.4 Å². The summed E-state index contributed by atoms with van der Waals surface area (Å²) >= 11 is 0. The van der Waals surface area contributed by atoms with Gasteiger partial charge < -0.3 is 121 Å². The molecule has 0 aromatic heterocycles. The Hall–Kier alpha value is -2.17. The molecule has 0 aromatic carbocycles. The summed E-state index contributed by atoms with van der Waals surface area (Å²) in [5.74, 6) is -1.53. The molecule has 87 heavy (non-hydrogen) atoms. The number of esters is 1. The van der Waals surface area contributed by atoms with Crippen molar-refractivity contribution in [2.45, 2.75) is 290 Å². The maximum Gasteiger partial charge on any atom is 0.309 e. The minimum absolute atomic E-state index is 0.0380. The maximum absolute atomic E-state index is 13.9. The van der Waals surface area contributed by atoms with Crippen LogP contribution >= 0.6 is 0 Å². The average molecular weight is 1250 g/mol. The van der Waals surface area contributed by atoms with E-state index < -0.39 is 184 Å². The van der Waals surface area contributed by atoms with E-state index in [9.17, 15) is 35.4 Å². The zero-order valence-corrected chi connectivity index (χ0v) is 51.9. The van der Waals surface area contributed by atoms with E-state index in [4.69, 9.17) is 90.0 Å². The molecule has 11 rings (SSSR count). The molecule has 26 heteroatoms. The van der Waals surface area contributed by atoms with Crippen molar-refractivity contribution in [1.29, 1.82) is 0 Å². The molecule has 6 N–H and O–H groups in total. The van der Waals surface area contributed by atoms with Crippen molar-refractivity contribution in [2.75, 3.05) is 41.7 Å². The Morgan fingerprint density at radius 1 is 0.575 bits per heavy atom. The summed E-state index contributed by atoms with van der Waals surface area (Å²) in [6, 6.07) is 0. The minimum Gasteiger partial charge on any atom is -0.469 e. The summed E-state index contributed by atoms with van der Waals surface area (Å²) in [6.07, 6.45) is -13.9. The quantitative estimate of drug-likeness (QED) is 0.0895. The van der Waals surface area contributed by atoms with Crippen LogP contribution in [-0.4, -0.2) is 256 Å². The van der Waals surface area contributed by atoms with Gasteiger partial charge in [-0.05, 0) is 83.6 Å². The van der Waals surface area contributed by atoms with Gasteiger partial charge in [-0.2, -0.15) is 0 Å². The Bertz CT molecular complexity index is 2350. The van der Waals surface area contributed by atoms with Crippen LogP contribution in [0.5, 0.6) is 0 Å². The molecule has 1 saturated carbocycles. The van der Waals surface area contributed by atoms with Crippen LogP contribution in [0, 0.1) is 23.2 Å². The van der Waals surface area contributed by atoms with Gasteiger partial charge in [-0.1, -0.05) is 18.6 Å². The molecular weight excluding hydrogens is 1150 g/mol. The fraction of sp³-hybridized carbons (Fsp3) is 0.918. The topological polar surface area (TPSA) is 314 Å². The van der Waals surface area contributed by atoms with Crippen LogP contribution in [0.1, 0.15) is 113 Å². The number of hydrogen-bond donors (Lipinski definition) is 6. The molecule has 8 saturated heterocycles. The number of carbonyl (C=O) groups excluding carboxylic acids is 1. The molecule has 11 aliphatic rings. The second kappa shape index (κ2) is 27.4. The molecule has 0 unspecified atom stereocenters. The van der Waals surface area contributed by atoms with Crippen LogP contribution in [0.2, 0.25) is 0 Å². The number of carbonyl (C=O) groups is 1. The number of rotatable bonds is 17. The maximum atomic E-state index is 13.9. The van der Waals surface area contributed by atoms with E-state index in [0.29, 0.717) is 38.7 Å². The highest BCUT2D eigenvalue weighted by atomic mass is 16.8. The van der Waals surface area contributed by atoms with Gasteiger partial charge in [0.05, 0.1) is 105 Å². The first-order valence-corrected chi connectivity index (χ1v) is 31.5. The lowest BCUT2D eigenvalue weighted by atomic mass is 9.55. The number of methoxy groups -OCH3 is 4. The highest BCUT2D eigenvalue weighted by Crippen LogP contribution is 2.57. The van der Waals surface area contributed by atoms with Gasteiger partial charge in [0, 0.05) is 67.5 Å². The van der Waals surface area contributed by atoms with Gasteiger partial charge in [0.25, 0.3) is 0 Å². The van der Waals surface area contributed by atoms with Crippen LogP contribution in [0.3, 0.4) is 0 Å². The highest BCUT2D eigenvalue weighted by molar-refractivity contribution is 5.74. The number of ether oxygens (including phenoxy) is 19. The number of aliphatic hydroxyl groups is 6. The van der Waals surface area contributed by atoms with Gasteiger partial charge in [-0.25, -0.2) is 0 Å². The number of fused-ring (bicyclic) bond motifs is 3. The lowest BCUT2D eigenvalue weighted by Gasteiger charge is -2.52. The molecule has 0 radical (unpaired) electrons. The molecule has 0 aromatic rings. The summed E-state index contributed by atoms with van der Waals surface area (Å²) in [7, 11) is 6.30. The zero-order valence-electron chi connectivity index (χ0n) is 51.9. The van der Waals surface area contributed by atoms with Gasteiger partial charge in [-0.15, -0.1) is 0 Å². The molecule has 9 heterocycles. The first-order valence-electron chi connectivity index (χ1n) is 31.5. The molecule has 33 atom stereocenters. The predicted molar refractivity (Wildman–Crippen MR) is 296 cm³/mol. The smallest absolute Gasteiger partial charge is 0.309 e. The van der Waals surface area contributed by atoms with Crippen molar-refractivity contribution in [3.63, 3.8) is 0 Å². The summed E-state index contributed by atoms with van der Waals surface area (Å²) in [4.78, 5) is 13.9. The molecule has 0 spiro atoms. The Morgan fingerprint density at radius 2 is 1.06 bits per heavy atom. The standard InChI is InChI=1S/C61H96O26/c1-26-53(83-46-19-39(70-9)56(29(4)77-46)86-48-21-41(72-11)57(30(5)79-48)87-59-52(67)51(66)50(65)42(23-62)82-59)35(63)17-44(75-26)84-54-28(3)78-47(20-40(54)71-10)85-55-27(2)76-45(18-38(55)69-8)80-37-16-32-13-14-33-34(60(32,6)22-36(37)64)15-12-31-24-73-61(7)49(31)43(25-74-61)81-58(33)68/h13,24,26-30,33-57,59,62-67H,12,14-23,25H2,1-11H3/t26-,27-,28+,29-,30+,33-,34+,35+,36-,37-,38+,39+,40-,41-,42-,43-,44+,45+,46+,47+,48+,49-,50-,51+,52-,53-,54-,55-,56-,57+,59+,60+,61+/m1/s1. The van der Waals surface area contributed by atoms with E-state index in [-0.39, 0.29) is 49.1 Å².